The highest BCUT2D eigenvalue weighted by Crippen LogP contribution is 2.41. The Morgan fingerprint density at radius 3 is 3.10 bits per heavy atom. The van der Waals surface area contributed by atoms with Crippen molar-refractivity contribution in [2.75, 3.05) is 12.4 Å². The highest BCUT2D eigenvalue weighted by molar-refractivity contribution is 7.99. The second-order valence-corrected chi connectivity index (χ2v) is 6.86. The SMILES string of the molecule is NNC(CCCC1CCCO1)C1CSc2ccccc21. The minimum absolute atomic E-state index is 0.382. The minimum Gasteiger partial charge on any atom is -0.378 e. The third-order valence-corrected chi connectivity index (χ3v) is 5.71. The number of nitrogens with two attached hydrogens (primary N) is 1. The summed E-state index contributed by atoms with van der Waals surface area (Å²) in [6.07, 6.45) is 6.48. The first-order valence-corrected chi connectivity index (χ1v) is 8.66. The first kappa shape index (κ1) is 14.4. The molecule has 0 aromatic heterocycles. The molecule has 0 radical (unpaired) electrons. The number of hydrogen-bond acceptors (Lipinski definition) is 4. The predicted molar refractivity (Wildman–Crippen MR) is 83.8 cm³/mol. The summed E-state index contributed by atoms with van der Waals surface area (Å²) in [5.74, 6) is 7.51. The van der Waals surface area contributed by atoms with Gasteiger partial charge in [0.25, 0.3) is 0 Å². The lowest BCUT2D eigenvalue weighted by molar-refractivity contribution is 0.101. The van der Waals surface area contributed by atoms with E-state index in [1.54, 1.807) is 0 Å². The van der Waals surface area contributed by atoms with Crippen LogP contribution in [0.3, 0.4) is 0 Å². The van der Waals surface area contributed by atoms with E-state index in [4.69, 9.17) is 10.6 Å². The van der Waals surface area contributed by atoms with Crippen LogP contribution in [-0.4, -0.2) is 24.5 Å². The first-order chi connectivity index (χ1) is 9.88. The monoisotopic (exact) mass is 292 g/mol. The van der Waals surface area contributed by atoms with Gasteiger partial charge in [0.1, 0.15) is 0 Å². The number of rotatable bonds is 6. The Hall–Kier alpha value is -0.550. The Morgan fingerprint density at radius 2 is 2.30 bits per heavy atom. The molecule has 1 saturated heterocycles. The largest absolute Gasteiger partial charge is 0.378 e. The fourth-order valence-electron chi connectivity index (χ4n) is 3.36. The summed E-state index contributed by atoms with van der Waals surface area (Å²) in [5, 5.41) is 0. The van der Waals surface area contributed by atoms with E-state index in [9.17, 15) is 0 Å². The zero-order valence-electron chi connectivity index (χ0n) is 11.9. The molecule has 1 aromatic carbocycles. The fourth-order valence-corrected chi connectivity index (χ4v) is 4.69. The molecule has 0 bridgehead atoms. The van der Waals surface area contributed by atoms with Gasteiger partial charge in [-0.3, -0.25) is 11.3 Å². The van der Waals surface area contributed by atoms with Crippen molar-refractivity contribution in [2.24, 2.45) is 5.84 Å². The van der Waals surface area contributed by atoms with E-state index in [-0.39, 0.29) is 0 Å². The van der Waals surface area contributed by atoms with Crippen molar-refractivity contribution in [1.82, 2.24) is 5.43 Å². The molecule has 20 heavy (non-hydrogen) atoms. The lowest BCUT2D eigenvalue weighted by Crippen LogP contribution is -2.40. The average Bonchev–Trinajstić information content (AvgIpc) is 3.13. The highest BCUT2D eigenvalue weighted by atomic mass is 32.2. The normalized spacial score (nSPS) is 26.6. The summed E-state index contributed by atoms with van der Waals surface area (Å²) in [5.41, 5.74) is 4.53. The van der Waals surface area contributed by atoms with Crippen LogP contribution in [0.5, 0.6) is 0 Å². The van der Waals surface area contributed by atoms with Crippen molar-refractivity contribution in [3.8, 4) is 0 Å². The Bertz CT molecular complexity index is 434. The topological polar surface area (TPSA) is 47.3 Å². The third-order valence-electron chi connectivity index (χ3n) is 4.50. The Labute approximate surface area is 125 Å². The van der Waals surface area contributed by atoms with E-state index in [2.05, 4.69) is 29.7 Å². The van der Waals surface area contributed by atoms with Gasteiger partial charge in [-0.15, -0.1) is 11.8 Å². The van der Waals surface area contributed by atoms with Crippen LogP contribution in [0, 0.1) is 0 Å². The molecule has 2 heterocycles. The lowest BCUT2D eigenvalue weighted by Gasteiger charge is -2.23. The molecule has 3 atom stereocenters. The molecule has 3 N–H and O–H groups in total. The van der Waals surface area contributed by atoms with E-state index in [1.807, 2.05) is 11.8 Å². The molecule has 1 fully saturated rings. The van der Waals surface area contributed by atoms with E-state index >= 15 is 0 Å². The summed E-state index contributed by atoms with van der Waals surface area (Å²) in [4.78, 5) is 1.43. The molecule has 2 aliphatic heterocycles. The van der Waals surface area contributed by atoms with Crippen molar-refractivity contribution in [1.29, 1.82) is 0 Å². The van der Waals surface area contributed by atoms with Crippen molar-refractivity contribution in [2.45, 2.75) is 55.1 Å². The minimum atomic E-state index is 0.382. The van der Waals surface area contributed by atoms with Crippen LogP contribution in [0.2, 0.25) is 0 Å². The number of hydrogen-bond donors (Lipinski definition) is 2. The van der Waals surface area contributed by atoms with Gasteiger partial charge in [0.05, 0.1) is 6.10 Å². The summed E-state index contributed by atoms with van der Waals surface area (Å²) in [7, 11) is 0. The predicted octanol–water partition coefficient (Wildman–Crippen LogP) is 3.06. The maximum atomic E-state index is 5.81. The van der Waals surface area contributed by atoms with Gasteiger partial charge in [-0.2, -0.15) is 0 Å². The molecule has 0 spiro atoms. The number of nitrogens with one attached hydrogen (secondary N) is 1. The van der Waals surface area contributed by atoms with Gasteiger partial charge >= 0.3 is 0 Å². The maximum Gasteiger partial charge on any atom is 0.0576 e. The molecule has 0 amide bonds. The average molecular weight is 292 g/mol. The van der Waals surface area contributed by atoms with E-state index in [0.29, 0.717) is 18.1 Å². The molecule has 2 aliphatic rings. The van der Waals surface area contributed by atoms with Gasteiger partial charge < -0.3 is 4.74 Å². The maximum absolute atomic E-state index is 5.81. The number of thioether (sulfide) groups is 1. The van der Waals surface area contributed by atoms with Crippen LogP contribution in [0.1, 0.15) is 43.6 Å². The summed E-state index contributed by atoms with van der Waals surface area (Å²) in [6, 6.07) is 9.12. The third kappa shape index (κ3) is 3.19. The molecule has 0 aliphatic carbocycles. The lowest BCUT2D eigenvalue weighted by atomic mass is 9.90. The molecule has 0 saturated carbocycles. The number of benzene rings is 1. The van der Waals surface area contributed by atoms with Crippen LogP contribution in [0.4, 0.5) is 0 Å². The standard InChI is InChI=1S/C16H24N2OS/c17-18-15(8-3-5-12-6-4-10-19-12)14-11-20-16-9-2-1-7-13(14)16/h1-2,7,9,12,14-15,18H,3-6,8,10-11,17H2. The van der Waals surface area contributed by atoms with Crippen molar-refractivity contribution >= 4 is 11.8 Å². The van der Waals surface area contributed by atoms with Gasteiger partial charge in [-0.1, -0.05) is 18.2 Å². The van der Waals surface area contributed by atoms with Gasteiger partial charge in [-0.05, 0) is 43.7 Å². The van der Waals surface area contributed by atoms with E-state index in [0.717, 1.165) is 18.8 Å². The number of ether oxygens (including phenoxy) is 1. The molecular weight excluding hydrogens is 268 g/mol. The Morgan fingerprint density at radius 1 is 1.40 bits per heavy atom. The Balaban J connectivity index is 1.54. The van der Waals surface area contributed by atoms with Gasteiger partial charge in [0, 0.05) is 29.2 Å². The summed E-state index contributed by atoms with van der Waals surface area (Å²) in [6.45, 7) is 0.954. The van der Waals surface area contributed by atoms with Crippen LogP contribution in [0.15, 0.2) is 29.2 Å². The molecular formula is C16H24N2OS. The smallest absolute Gasteiger partial charge is 0.0576 e. The molecule has 3 nitrogen and oxygen atoms in total. The highest BCUT2D eigenvalue weighted by Gasteiger charge is 2.29. The molecule has 3 unspecified atom stereocenters. The fraction of sp³-hybridized carbons (Fsp3) is 0.625. The molecule has 3 rings (SSSR count). The summed E-state index contributed by atoms with van der Waals surface area (Å²) >= 11 is 1.96. The number of hydrazine groups is 1. The van der Waals surface area contributed by atoms with Gasteiger partial charge in [0.2, 0.25) is 0 Å². The van der Waals surface area contributed by atoms with Crippen LogP contribution in [0.25, 0.3) is 0 Å². The van der Waals surface area contributed by atoms with Crippen LogP contribution < -0.4 is 11.3 Å². The second-order valence-electron chi connectivity index (χ2n) is 5.79. The van der Waals surface area contributed by atoms with Crippen LogP contribution in [-0.2, 0) is 4.74 Å². The van der Waals surface area contributed by atoms with Crippen molar-refractivity contribution in [3.63, 3.8) is 0 Å². The second kappa shape index (κ2) is 6.94. The van der Waals surface area contributed by atoms with E-state index < -0.39 is 0 Å². The van der Waals surface area contributed by atoms with Gasteiger partial charge in [0.15, 0.2) is 0 Å². The summed E-state index contributed by atoms with van der Waals surface area (Å²) < 4.78 is 5.69. The van der Waals surface area contributed by atoms with E-state index in [1.165, 1.54) is 36.1 Å². The Kier molecular flexibility index (Phi) is 4.99. The first-order valence-electron chi connectivity index (χ1n) is 7.68. The quantitative estimate of drug-likeness (QED) is 0.625. The van der Waals surface area contributed by atoms with Crippen molar-refractivity contribution in [3.05, 3.63) is 29.8 Å². The zero-order valence-corrected chi connectivity index (χ0v) is 12.7. The molecule has 1 aromatic rings. The van der Waals surface area contributed by atoms with Crippen molar-refractivity contribution < 1.29 is 4.74 Å². The number of fused-ring (bicyclic) bond motifs is 1. The van der Waals surface area contributed by atoms with Crippen LogP contribution >= 0.6 is 11.8 Å². The molecule has 4 heteroatoms. The van der Waals surface area contributed by atoms with Gasteiger partial charge in [-0.25, -0.2) is 0 Å². The zero-order chi connectivity index (χ0) is 13.8. The molecule has 110 valence electrons.